The highest BCUT2D eigenvalue weighted by molar-refractivity contribution is 7.91. The summed E-state index contributed by atoms with van der Waals surface area (Å²) in [5, 5.41) is 11.2. The smallest absolute Gasteiger partial charge is 0.150 e. The molecule has 1 saturated carbocycles. The van der Waals surface area contributed by atoms with Gasteiger partial charge >= 0.3 is 0 Å². The van der Waals surface area contributed by atoms with Gasteiger partial charge in [0.05, 0.1) is 11.4 Å². The molecule has 1 aromatic heterocycles. The van der Waals surface area contributed by atoms with Crippen LogP contribution in [0.25, 0.3) is 0 Å². The normalized spacial score (nSPS) is 24.7. The Balaban J connectivity index is 2.16. The Morgan fingerprint density at radius 2 is 2.19 bits per heavy atom. The predicted octanol–water partition coefficient (Wildman–Crippen LogP) is 2.12. The molecule has 3 atom stereocenters. The Bertz CT molecular complexity index is 533. The molecule has 0 radical (unpaired) electrons. The van der Waals surface area contributed by atoms with Crippen LogP contribution in [0.5, 0.6) is 0 Å². The van der Waals surface area contributed by atoms with Crippen molar-refractivity contribution < 1.29 is 8.42 Å². The summed E-state index contributed by atoms with van der Waals surface area (Å²) in [6.45, 7) is 3.06. The molecule has 6 heteroatoms. The first-order valence-corrected chi connectivity index (χ1v) is 9.66. The minimum absolute atomic E-state index is 0.171. The zero-order valence-corrected chi connectivity index (χ0v) is 13.6. The van der Waals surface area contributed by atoms with E-state index in [1.807, 2.05) is 6.07 Å². The second kappa shape index (κ2) is 7.31. The third kappa shape index (κ3) is 4.48. The SMILES string of the molecule is CCCNC(c1ccnnc1)C1CCCC(S(C)(=O)=O)C1. The molecule has 1 N–H and O–H groups in total. The fourth-order valence-electron chi connectivity index (χ4n) is 3.21. The molecule has 0 bridgehead atoms. The van der Waals surface area contributed by atoms with E-state index in [2.05, 4.69) is 22.4 Å². The van der Waals surface area contributed by atoms with Crippen molar-refractivity contribution in [3.63, 3.8) is 0 Å². The Morgan fingerprint density at radius 3 is 2.81 bits per heavy atom. The highest BCUT2D eigenvalue weighted by atomic mass is 32.2. The summed E-state index contributed by atoms with van der Waals surface area (Å²) in [6.07, 6.45) is 9.48. The van der Waals surface area contributed by atoms with Crippen molar-refractivity contribution in [3.8, 4) is 0 Å². The lowest BCUT2D eigenvalue weighted by Gasteiger charge is -2.34. The highest BCUT2D eigenvalue weighted by Crippen LogP contribution is 2.36. The molecule has 0 amide bonds. The molecule has 0 saturated heterocycles. The van der Waals surface area contributed by atoms with Crippen LogP contribution in [0.15, 0.2) is 18.5 Å². The summed E-state index contributed by atoms with van der Waals surface area (Å²) in [6, 6.07) is 2.15. The summed E-state index contributed by atoms with van der Waals surface area (Å²) >= 11 is 0. The quantitative estimate of drug-likeness (QED) is 0.871. The fraction of sp³-hybridized carbons (Fsp3) is 0.733. The summed E-state index contributed by atoms with van der Waals surface area (Å²) in [7, 11) is -2.95. The molecule has 5 nitrogen and oxygen atoms in total. The first-order chi connectivity index (χ1) is 10.0. The number of hydrogen-bond donors (Lipinski definition) is 1. The first-order valence-electron chi connectivity index (χ1n) is 7.71. The Hall–Kier alpha value is -1.01. The van der Waals surface area contributed by atoms with E-state index < -0.39 is 9.84 Å². The van der Waals surface area contributed by atoms with Crippen molar-refractivity contribution in [2.75, 3.05) is 12.8 Å². The second-order valence-corrected chi connectivity index (χ2v) is 8.31. The highest BCUT2D eigenvalue weighted by Gasteiger charge is 2.33. The molecule has 0 aromatic carbocycles. The van der Waals surface area contributed by atoms with Crippen LogP contribution in [0.4, 0.5) is 0 Å². The summed E-state index contributed by atoms with van der Waals surface area (Å²) in [4.78, 5) is 0. The summed E-state index contributed by atoms with van der Waals surface area (Å²) < 4.78 is 23.7. The van der Waals surface area contributed by atoms with Crippen molar-refractivity contribution in [1.29, 1.82) is 0 Å². The maximum Gasteiger partial charge on any atom is 0.150 e. The van der Waals surface area contributed by atoms with Crippen LogP contribution in [0.3, 0.4) is 0 Å². The van der Waals surface area contributed by atoms with Crippen LogP contribution >= 0.6 is 0 Å². The van der Waals surface area contributed by atoms with Gasteiger partial charge in [0, 0.05) is 18.5 Å². The van der Waals surface area contributed by atoms with Gasteiger partial charge in [-0.15, -0.1) is 0 Å². The van der Waals surface area contributed by atoms with E-state index in [0.29, 0.717) is 5.92 Å². The predicted molar refractivity (Wildman–Crippen MR) is 83.7 cm³/mol. The molecule has 0 spiro atoms. The van der Waals surface area contributed by atoms with Gasteiger partial charge in [0.25, 0.3) is 0 Å². The number of sulfone groups is 1. The van der Waals surface area contributed by atoms with E-state index in [0.717, 1.165) is 44.2 Å². The van der Waals surface area contributed by atoms with Gasteiger partial charge in [-0.2, -0.15) is 10.2 Å². The summed E-state index contributed by atoms with van der Waals surface area (Å²) in [5.41, 5.74) is 1.11. The molecular formula is C15H25N3O2S. The van der Waals surface area contributed by atoms with Crippen LogP contribution in [0, 0.1) is 5.92 Å². The van der Waals surface area contributed by atoms with Gasteiger partial charge in [0.15, 0.2) is 0 Å². The van der Waals surface area contributed by atoms with Crippen LogP contribution in [-0.2, 0) is 9.84 Å². The van der Waals surface area contributed by atoms with Crippen molar-refractivity contribution in [2.45, 2.75) is 50.3 Å². The molecule has 1 aliphatic rings. The molecule has 1 aliphatic carbocycles. The van der Waals surface area contributed by atoms with Crippen LogP contribution < -0.4 is 5.32 Å². The maximum atomic E-state index is 11.9. The molecule has 1 aromatic rings. The van der Waals surface area contributed by atoms with Crippen molar-refractivity contribution >= 4 is 9.84 Å². The van der Waals surface area contributed by atoms with Gasteiger partial charge in [-0.3, -0.25) is 0 Å². The number of nitrogens with one attached hydrogen (secondary N) is 1. The Labute approximate surface area is 127 Å². The van der Waals surface area contributed by atoms with E-state index >= 15 is 0 Å². The third-order valence-corrected chi connectivity index (χ3v) is 5.96. The van der Waals surface area contributed by atoms with Gasteiger partial charge in [0.2, 0.25) is 0 Å². The van der Waals surface area contributed by atoms with Gasteiger partial charge in [-0.05, 0) is 49.8 Å². The molecule has 0 aliphatic heterocycles. The standard InChI is InChI=1S/C15H25N3O2S/c1-3-8-16-15(13-7-9-17-18-11-13)12-5-4-6-14(10-12)21(2,19)20/h7,9,11-12,14-16H,3-6,8,10H2,1-2H3. The van der Waals surface area contributed by atoms with Crippen LogP contribution in [0.1, 0.15) is 50.6 Å². The largest absolute Gasteiger partial charge is 0.310 e. The third-order valence-electron chi connectivity index (χ3n) is 4.32. The topological polar surface area (TPSA) is 72.0 Å². The molecule has 21 heavy (non-hydrogen) atoms. The number of hydrogen-bond acceptors (Lipinski definition) is 5. The molecular weight excluding hydrogens is 286 g/mol. The van der Waals surface area contributed by atoms with E-state index in [-0.39, 0.29) is 11.3 Å². The minimum atomic E-state index is -2.95. The number of nitrogens with zero attached hydrogens (tertiary/aromatic N) is 2. The van der Waals surface area contributed by atoms with Gasteiger partial charge in [-0.1, -0.05) is 13.3 Å². The second-order valence-electron chi connectivity index (χ2n) is 5.99. The molecule has 1 fully saturated rings. The minimum Gasteiger partial charge on any atom is -0.310 e. The van der Waals surface area contributed by atoms with Crippen LogP contribution in [0.2, 0.25) is 0 Å². The van der Waals surface area contributed by atoms with Crippen molar-refractivity contribution in [3.05, 3.63) is 24.0 Å². The zero-order valence-electron chi connectivity index (χ0n) is 12.8. The van der Waals surface area contributed by atoms with E-state index in [1.54, 1.807) is 12.4 Å². The van der Waals surface area contributed by atoms with E-state index in [9.17, 15) is 8.42 Å². The Kier molecular flexibility index (Phi) is 5.70. The monoisotopic (exact) mass is 311 g/mol. The zero-order chi connectivity index (χ0) is 15.3. The summed E-state index contributed by atoms with van der Waals surface area (Å²) in [5.74, 6) is 0.342. The molecule has 118 valence electrons. The average Bonchev–Trinajstić information content (AvgIpc) is 2.48. The lowest BCUT2D eigenvalue weighted by molar-refractivity contribution is 0.272. The number of rotatable bonds is 6. The fourth-order valence-corrected chi connectivity index (χ4v) is 4.41. The lowest BCUT2D eigenvalue weighted by Crippen LogP contribution is -2.36. The maximum absolute atomic E-state index is 11.9. The van der Waals surface area contributed by atoms with E-state index in [4.69, 9.17) is 0 Å². The van der Waals surface area contributed by atoms with Gasteiger partial charge in [0.1, 0.15) is 9.84 Å². The molecule has 2 rings (SSSR count). The first kappa shape index (κ1) is 16.4. The van der Waals surface area contributed by atoms with Crippen molar-refractivity contribution in [1.82, 2.24) is 15.5 Å². The Morgan fingerprint density at radius 1 is 1.38 bits per heavy atom. The van der Waals surface area contributed by atoms with Crippen molar-refractivity contribution in [2.24, 2.45) is 5.92 Å². The van der Waals surface area contributed by atoms with Gasteiger partial charge < -0.3 is 5.32 Å². The van der Waals surface area contributed by atoms with Gasteiger partial charge in [-0.25, -0.2) is 8.42 Å². The lowest BCUT2D eigenvalue weighted by atomic mass is 9.81. The molecule has 3 unspecified atom stereocenters. The average molecular weight is 311 g/mol. The molecule has 1 heterocycles. The van der Waals surface area contributed by atoms with Crippen LogP contribution in [-0.4, -0.2) is 36.7 Å². The van der Waals surface area contributed by atoms with E-state index in [1.165, 1.54) is 6.26 Å². The number of aromatic nitrogens is 2.